The van der Waals surface area contributed by atoms with Gasteiger partial charge in [0.15, 0.2) is 0 Å². The lowest BCUT2D eigenvalue weighted by Crippen LogP contribution is -2.47. The van der Waals surface area contributed by atoms with E-state index in [4.69, 9.17) is 0 Å². The number of β-amino-alcohol motifs (C(OH)–C–C–N with tert-alkyl or cyclic N) is 1. The number of halogens is 2. The molecule has 1 N–H and O–H groups in total. The van der Waals surface area contributed by atoms with Gasteiger partial charge in [-0.3, -0.25) is 4.79 Å². The Bertz CT molecular complexity index is 1060. The summed E-state index contributed by atoms with van der Waals surface area (Å²) in [6.07, 6.45) is 5.88. The normalized spacial score (nSPS) is 21.5. The fourth-order valence-corrected chi connectivity index (χ4v) is 5.72. The zero-order valence-corrected chi connectivity index (χ0v) is 17.6. The third kappa shape index (κ3) is 3.82. The Balaban J connectivity index is 1.38. The first kappa shape index (κ1) is 20.4. The van der Waals surface area contributed by atoms with Gasteiger partial charge in [0, 0.05) is 40.8 Å². The van der Waals surface area contributed by atoms with Crippen molar-refractivity contribution in [2.45, 2.75) is 51.2 Å². The zero-order chi connectivity index (χ0) is 21.5. The summed E-state index contributed by atoms with van der Waals surface area (Å²) in [5.41, 5.74) is 1.49. The van der Waals surface area contributed by atoms with Gasteiger partial charge in [0.25, 0.3) is 0 Å². The molecule has 2 unspecified atom stereocenters. The molecular formula is C25H28F2N2O2. The Morgan fingerprint density at radius 1 is 0.903 bits per heavy atom. The lowest BCUT2D eigenvalue weighted by Gasteiger charge is -2.36. The Kier molecular flexibility index (Phi) is 5.42. The second kappa shape index (κ2) is 8.23. The standard InChI is InChI=1S/C25H28F2N2O2/c26-17-7-9-23-21(12-17)22-13-18(27)8-10-24(22)29(23)15-19(30)14-28-11-3-6-20(25(28)31)16-4-1-2-5-16/h7-10,12-13,16,19-20,30H,1-6,11,14-15H2. The van der Waals surface area contributed by atoms with Crippen molar-refractivity contribution in [3.05, 3.63) is 48.0 Å². The van der Waals surface area contributed by atoms with Gasteiger partial charge in [-0.2, -0.15) is 0 Å². The molecule has 1 amide bonds. The molecule has 1 aliphatic heterocycles. The molecule has 4 nitrogen and oxygen atoms in total. The third-order valence-corrected chi connectivity index (χ3v) is 7.15. The predicted octanol–water partition coefficient (Wildman–Crippen LogP) is 4.86. The minimum Gasteiger partial charge on any atom is -0.389 e. The van der Waals surface area contributed by atoms with Crippen LogP contribution >= 0.6 is 0 Å². The number of benzene rings is 2. The molecular weight excluding hydrogens is 398 g/mol. The van der Waals surface area contributed by atoms with Crippen molar-refractivity contribution in [2.24, 2.45) is 11.8 Å². The molecule has 31 heavy (non-hydrogen) atoms. The number of aromatic nitrogens is 1. The molecule has 2 aliphatic rings. The van der Waals surface area contributed by atoms with Crippen molar-refractivity contribution >= 4 is 27.7 Å². The number of nitrogens with zero attached hydrogens (tertiary/aromatic N) is 2. The van der Waals surface area contributed by atoms with Crippen molar-refractivity contribution in [1.82, 2.24) is 9.47 Å². The lowest BCUT2D eigenvalue weighted by molar-refractivity contribution is -0.142. The van der Waals surface area contributed by atoms with Crippen molar-refractivity contribution in [3.8, 4) is 0 Å². The number of fused-ring (bicyclic) bond motifs is 3. The molecule has 3 aromatic rings. The first-order valence-corrected chi connectivity index (χ1v) is 11.3. The molecule has 5 rings (SSSR count). The molecule has 1 saturated carbocycles. The number of likely N-dealkylation sites (tertiary alicyclic amines) is 1. The highest BCUT2D eigenvalue weighted by Crippen LogP contribution is 2.37. The van der Waals surface area contributed by atoms with E-state index in [0.29, 0.717) is 23.2 Å². The summed E-state index contributed by atoms with van der Waals surface area (Å²) in [5.74, 6) is 0.0160. The summed E-state index contributed by atoms with van der Waals surface area (Å²) in [6.45, 7) is 1.23. The number of amides is 1. The van der Waals surface area contributed by atoms with Crippen LogP contribution in [0.15, 0.2) is 36.4 Å². The fourth-order valence-electron chi connectivity index (χ4n) is 5.72. The SMILES string of the molecule is O=C1C(C2CCCC2)CCCN1CC(O)Cn1c2ccc(F)cc2c2cc(F)ccc21. The highest BCUT2D eigenvalue weighted by atomic mass is 19.1. The van der Waals surface area contributed by atoms with Gasteiger partial charge in [-0.25, -0.2) is 8.78 Å². The van der Waals surface area contributed by atoms with Crippen molar-refractivity contribution in [3.63, 3.8) is 0 Å². The van der Waals surface area contributed by atoms with E-state index in [-0.39, 0.29) is 36.5 Å². The van der Waals surface area contributed by atoms with E-state index in [0.717, 1.165) is 36.7 Å². The Morgan fingerprint density at radius 2 is 1.52 bits per heavy atom. The Labute approximate surface area is 180 Å². The van der Waals surface area contributed by atoms with E-state index in [1.807, 2.05) is 9.47 Å². The summed E-state index contributed by atoms with van der Waals surface area (Å²) in [4.78, 5) is 14.9. The van der Waals surface area contributed by atoms with Crippen LogP contribution < -0.4 is 0 Å². The number of piperidine rings is 1. The maximum atomic E-state index is 13.9. The number of hydrogen-bond donors (Lipinski definition) is 1. The first-order chi connectivity index (χ1) is 15.0. The Hall–Kier alpha value is -2.47. The van der Waals surface area contributed by atoms with Crippen LogP contribution in [0.3, 0.4) is 0 Å². The maximum absolute atomic E-state index is 13.9. The second-order valence-corrected chi connectivity index (χ2v) is 9.16. The molecule has 1 aliphatic carbocycles. The van der Waals surface area contributed by atoms with Crippen molar-refractivity contribution in [1.29, 1.82) is 0 Å². The van der Waals surface area contributed by atoms with Gasteiger partial charge in [0.05, 0.1) is 12.6 Å². The van der Waals surface area contributed by atoms with Gasteiger partial charge in [-0.05, 0) is 68.0 Å². The van der Waals surface area contributed by atoms with E-state index in [1.54, 1.807) is 12.1 Å². The number of rotatable bonds is 5. The first-order valence-electron chi connectivity index (χ1n) is 11.3. The highest BCUT2D eigenvalue weighted by molar-refractivity contribution is 6.08. The second-order valence-electron chi connectivity index (χ2n) is 9.16. The van der Waals surface area contributed by atoms with Gasteiger partial charge in [-0.15, -0.1) is 0 Å². The average molecular weight is 427 g/mol. The van der Waals surface area contributed by atoms with Crippen LogP contribution in [-0.4, -0.2) is 39.7 Å². The summed E-state index contributed by atoms with van der Waals surface area (Å²) >= 11 is 0. The van der Waals surface area contributed by atoms with Gasteiger partial charge < -0.3 is 14.6 Å². The van der Waals surface area contributed by atoms with E-state index in [9.17, 15) is 18.7 Å². The molecule has 164 valence electrons. The van der Waals surface area contributed by atoms with E-state index >= 15 is 0 Å². The van der Waals surface area contributed by atoms with E-state index in [1.165, 1.54) is 37.1 Å². The van der Waals surface area contributed by atoms with Gasteiger partial charge in [0.2, 0.25) is 5.91 Å². The van der Waals surface area contributed by atoms with Crippen molar-refractivity contribution < 1.29 is 18.7 Å². The summed E-state index contributed by atoms with van der Waals surface area (Å²) < 4.78 is 29.6. The van der Waals surface area contributed by atoms with Crippen LogP contribution in [-0.2, 0) is 11.3 Å². The average Bonchev–Trinajstić information content (AvgIpc) is 3.37. The lowest BCUT2D eigenvalue weighted by atomic mass is 9.83. The van der Waals surface area contributed by atoms with Crippen LogP contribution in [0.4, 0.5) is 8.78 Å². The molecule has 0 spiro atoms. The topological polar surface area (TPSA) is 45.5 Å². The number of hydrogen-bond acceptors (Lipinski definition) is 2. The number of aliphatic hydroxyl groups excluding tert-OH is 1. The minimum absolute atomic E-state index is 0.0997. The van der Waals surface area contributed by atoms with Crippen LogP contribution in [0.5, 0.6) is 0 Å². The fraction of sp³-hybridized carbons (Fsp3) is 0.480. The molecule has 0 bridgehead atoms. The van der Waals surface area contributed by atoms with E-state index < -0.39 is 6.10 Å². The quantitative estimate of drug-likeness (QED) is 0.633. The molecule has 2 aromatic carbocycles. The highest BCUT2D eigenvalue weighted by Gasteiger charge is 2.36. The molecule has 2 heterocycles. The van der Waals surface area contributed by atoms with E-state index in [2.05, 4.69) is 0 Å². The molecule has 6 heteroatoms. The van der Waals surface area contributed by atoms with Gasteiger partial charge in [0.1, 0.15) is 11.6 Å². The Morgan fingerprint density at radius 3 is 2.13 bits per heavy atom. The largest absolute Gasteiger partial charge is 0.389 e. The van der Waals surface area contributed by atoms with Gasteiger partial charge >= 0.3 is 0 Å². The summed E-state index contributed by atoms with van der Waals surface area (Å²) in [7, 11) is 0. The number of aliphatic hydroxyl groups is 1. The molecule has 2 fully saturated rings. The zero-order valence-electron chi connectivity index (χ0n) is 17.6. The molecule has 1 saturated heterocycles. The van der Waals surface area contributed by atoms with Crippen LogP contribution in [0, 0.1) is 23.5 Å². The molecule has 2 atom stereocenters. The maximum Gasteiger partial charge on any atom is 0.226 e. The third-order valence-electron chi connectivity index (χ3n) is 7.15. The number of carbonyl (C=O) groups excluding carboxylic acids is 1. The number of carbonyl (C=O) groups is 1. The van der Waals surface area contributed by atoms with Crippen LogP contribution in [0.1, 0.15) is 38.5 Å². The summed E-state index contributed by atoms with van der Waals surface area (Å²) in [5, 5.41) is 12.2. The smallest absolute Gasteiger partial charge is 0.226 e. The molecule has 1 aromatic heterocycles. The van der Waals surface area contributed by atoms with Crippen molar-refractivity contribution in [2.75, 3.05) is 13.1 Å². The summed E-state index contributed by atoms with van der Waals surface area (Å²) in [6, 6.07) is 8.89. The van der Waals surface area contributed by atoms with Crippen LogP contribution in [0.25, 0.3) is 21.8 Å². The predicted molar refractivity (Wildman–Crippen MR) is 117 cm³/mol. The van der Waals surface area contributed by atoms with Crippen LogP contribution in [0.2, 0.25) is 0 Å². The molecule has 0 radical (unpaired) electrons. The monoisotopic (exact) mass is 426 g/mol. The van der Waals surface area contributed by atoms with Gasteiger partial charge in [-0.1, -0.05) is 12.8 Å². The minimum atomic E-state index is -0.764.